The van der Waals surface area contributed by atoms with Gasteiger partial charge >= 0.3 is 0 Å². The largest absolute Gasteiger partial charge is 0.492 e. The van der Waals surface area contributed by atoms with E-state index >= 15 is 0 Å². The van der Waals surface area contributed by atoms with Crippen LogP contribution in [-0.4, -0.2) is 33.2 Å². The molecule has 142 valence electrons. The molecule has 1 aliphatic rings. The highest BCUT2D eigenvalue weighted by atomic mass is 32.1. The van der Waals surface area contributed by atoms with E-state index in [1.54, 1.807) is 31.3 Å². The van der Waals surface area contributed by atoms with Crippen LogP contribution in [-0.2, 0) is 13.1 Å². The molecule has 1 aromatic heterocycles. The third-order valence-corrected chi connectivity index (χ3v) is 5.44. The molecule has 3 aromatic rings. The van der Waals surface area contributed by atoms with Crippen LogP contribution in [0.15, 0.2) is 48.5 Å². The molecule has 7 nitrogen and oxygen atoms in total. The van der Waals surface area contributed by atoms with E-state index in [1.165, 1.54) is 11.1 Å². The summed E-state index contributed by atoms with van der Waals surface area (Å²) in [7, 11) is 1.61. The van der Waals surface area contributed by atoms with Gasteiger partial charge in [-0.2, -0.15) is 4.37 Å². The normalized spacial score (nSPS) is 12.5. The van der Waals surface area contributed by atoms with E-state index in [-0.39, 0.29) is 17.6 Å². The first-order valence-electron chi connectivity index (χ1n) is 8.75. The Kier molecular flexibility index (Phi) is 4.70. The van der Waals surface area contributed by atoms with Crippen LogP contribution >= 0.6 is 11.5 Å². The van der Waals surface area contributed by atoms with Gasteiger partial charge in [0.15, 0.2) is 0 Å². The smallest absolute Gasteiger partial charge is 0.254 e. The first-order chi connectivity index (χ1) is 13.6. The standard InChI is InChI=1S/C20H19N5O2S/c1-22-17(21)16-18(26)24-28-19(16)23-15-8-6-12(7-9-15)20(27)25-10-13-4-2-3-5-14(13)11-25/h2-9,23H,10-11H2,1H3,(H2,21,22)(H,24,26). The van der Waals surface area contributed by atoms with E-state index in [4.69, 9.17) is 5.41 Å². The number of hydrogen-bond donors (Lipinski definition) is 4. The zero-order valence-corrected chi connectivity index (χ0v) is 16.0. The first-order valence-corrected chi connectivity index (χ1v) is 9.52. The van der Waals surface area contributed by atoms with Crippen molar-refractivity contribution in [3.8, 4) is 5.88 Å². The molecule has 4 rings (SSSR count). The van der Waals surface area contributed by atoms with Crippen molar-refractivity contribution in [2.75, 3.05) is 12.4 Å². The molecule has 0 saturated heterocycles. The monoisotopic (exact) mass is 393 g/mol. The lowest BCUT2D eigenvalue weighted by Gasteiger charge is -2.16. The van der Waals surface area contributed by atoms with Gasteiger partial charge in [-0.1, -0.05) is 24.3 Å². The number of aromatic hydroxyl groups is 1. The van der Waals surface area contributed by atoms with Crippen molar-refractivity contribution in [1.29, 1.82) is 5.41 Å². The van der Waals surface area contributed by atoms with Crippen molar-refractivity contribution < 1.29 is 9.90 Å². The predicted molar refractivity (Wildman–Crippen MR) is 109 cm³/mol. The zero-order chi connectivity index (χ0) is 19.7. The van der Waals surface area contributed by atoms with Gasteiger partial charge < -0.3 is 20.6 Å². The highest BCUT2D eigenvalue weighted by Gasteiger charge is 2.24. The maximum atomic E-state index is 12.8. The molecular weight excluding hydrogens is 374 g/mol. The Bertz CT molecular complexity index is 1020. The average molecular weight is 393 g/mol. The van der Waals surface area contributed by atoms with Crippen LogP contribution in [0.2, 0.25) is 0 Å². The fourth-order valence-corrected chi connectivity index (χ4v) is 3.92. The van der Waals surface area contributed by atoms with Crippen LogP contribution in [0.3, 0.4) is 0 Å². The molecule has 1 aliphatic heterocycles. The van der Waals surface area contributed by atoms with Crippen molar-refractivity contribution in [3.05, 3.63) is 70.8 Å². The van der Waals surface area contributed by atoms with Gasteiger partial charge in [0.05, 0.1) is 0 Å². The Labute approximate surface area is 166 Å². The predicted octanol–water partition coefficient (Wildman–Crippen LogP) is 3.29. The van der Waals surface area contributed by atoms with Gasteiger partial charge in [-0.25, -0.2) is 0 Å². The summed E-state index contributed by atoms with van der Waals surface area (Å²) >= 11 is 1.07. The van der Waals surface area contributed by atoms with Crippen molar-refractivity contribution in [2.24, 2.45) is 0 Å². The summed E-state index contributed by atoms with van der Waals surface area (Å²) < 4.78 is 3.89. The topological polar surface area (TPSA) is 101 Å². The molecule has 2 heterocycles. The minimum Gasteiger partial charge on any atom is -0.492 e. The maximum absolute atomic E-state index is 12.8. The highest BCUT2D eigenvalue weighted by molar-refractivity contribution is 7.11. The molecule has 1 amide bonds. The van der Waals surface area contributed by atoms with Gasteiger partial charge in [0.25, 0.3) is 5.91 Å². The molecule has 0 aliphatic carbocycles. The number of amides is 1. The van der Waals surface area contributed by atoms with Gasteiger partial charge in [0.2, 0.25) is 5.88 Å². The van der Waals surface area contributed by atoms with Crippen LogP contribution < -0.4 is 10.6 Å². The molecule has 2 aromatic carbocycles. The Morgan fingerprint density at radius 1 is 1.14 bits per heavy atom. The minimum atomic E-state index is -0.188. The maximum Gasteiger partial charge on any atom is 0.254 e. The second kappa shape index (κ2) is 7.32. The van der Waals surface area contributed by atoms with Crippen LogP contribution in [0, 0.1) is 5.41 Å². The number of rotatable bonds is 4. The van der Waals surface area contributed by atoms with Gasteiger partial charge in [-0.05, 0) is 46.9 Å². The number of fused-ring (bicyclic) bond motifs is 1. The number of aromatic nitrogens is 1. The van der Waals surface area contributed by atoms with Crippen LogP contribution in [0.1, 0.15) is 27.0 Å². The third-order valence-electron chi connectivity index (χ3n) is 4.69. The van der Waals surface area contributed by atoms with Gasteiger partial charge in [0.1, 0.15) is 16.4 Å². The highest BCUT2D eigenvalue weighted by Crippen LogP contribution is 2.32. The van der Waals surface area contributed by atoms with Crippen LogP contribution in [0.4, 0.5) is 10.7 Å². The Hall–Kier alpha value is -3.39. The number of hydrogen-bond acceptors (Lipinski definition) is 6. The summed E-state index contributed by atoms with van der Waals surface area (Å²) in [5, 5.41) is 24.1. The first kappa shape index (κ1) is 18.0. The number of nitrogens with zero attached hydrogens (tertiary/aromatic N) is 2. The SMILES string of the molecule is CNC(=N)c1c(O)nsc1Nc1ccc(C(=O)N2Cc3ccccc3C2)cc1. The summed E-state index contributed by atoms with van der Waals surface area (Å²) in [6.45, 7) is 1.26. The van der Waals surface area contributed by atoms with Gasteiger partial charge in [-0.3, -0.25) is 10.2 Å². The molecule has 0 saturated carbocycles. The summed E-state index contributed by atoms with van der Waals surface area (Å²) in [6.07, 6.45) is 0. The molecule has 0 unspecified atom stereocenters. The lowest BCUT2D eigenvalue weighted by Crippen LogP contribution is -2.25. The van der Waals surface area contributed by atoms with Crippen molar-refractivity contribution in [3.63, 3.8) is 0 Å². The Morgan fingerprint density at radius 3 is 2.39 bits per heavy atom. The van der Waals surface area contributed by atoms with E-state index in [1.807, 2.05) is 17.0 Å². The number of nitrogens with one attached hydrogen (secondary N) is 3. The van der Waals surface area contributed by atoms with Crippen molar-refractivity contribution >= 4 is 34.0 Å². The summed E-state index contributed by atoms with van der Waals surface area (Å²) in [5.74, 6) is -0.114. The fourth-order valence-electron chi connectivity index (χ4n) is 3.20. The van der Waals surface area contributed by atoms with E-state index in [0.717, 1.165) is 17.2 Å². The second-order valence-electron chi connectivity index (χ2n) is 6.47. The van der Waals surface area contributed by atoms with E-state index < -0.39 is 0 Å². The summed E-state index contributed by atoms with van der Waals surface area (Å²) in [4.78, 5) is 14.6. The minimum absolute atomic E-state index is 0.00386. The lowest BCUT2D eigenvalue weighted by molar-refractivity contribution is 0.0751. The van der Waals surface area contributed by atoms with Gasteiger partial charge in [-0.15, -0.1) is 0 Å². The molecule has 0 radical (unpaired) electrons. The number of benzene rings is 2. The van der Waals surface area contributed by atoms with E-state index in [0.29, 0.717) is 29.2 Å². The molecule has 28 heavy (non-hydrogen) atoms. The average Bonchev–Trinajstić information content (AvgIpc) is 3.31. The Morgan fingerprint density at radius 2 is 1.79 bits per heavy atom. The number of amidine groups is 1. The molecule has 0 atom stereocenters. The van der Waals surface area contributed by atoms with Crippen LogP contribution in [0.25, 0.3) is 0 Å². The van der Waals surface area contributed by atoms with Crippen LogP contribution in [0.5, 0.6) is 5.88 Å². The third kappa shape index (κ3) is 3.29. The van der Waals surface area contributed by atoms with E-state index in [9.17, 15) is 9.90 Å². The second-order valence-corrected chi connectivity index (χ2v) is 7.24. The van der Waals surface area contributed by atoms with E-state index in [2.05, 4.69) is 27.1 Å². The molecular formula is C20H19N5O2S. The van der Waals surface area contributed by atoms with Gasteiger partial charge in [0, 0.05) is 31.4 Å². The number of carbonyl (C=O) groups is 1. The van der Waals surface area contributed by atoms with Crippen molar-refractivity contribution in [2.45, 2.75) is 13.1 Å². The quantitative estimate of drug-likeness (QED) is 0.402. The Balaban J connectivity index is 1.48. The summed E-state index contributed by atoms with van der Waals surface area (Å²) in [5.41, 5.74) is 4.07. The molecule has 0 bridgehead atoms. The van der Waals surface area contributed by atoms with Crippen molar-refractivity contribution in [1.82, 2.24) is 14.6 Å². The molecule has 4 N–H and O–H groups in total. The fraction of sp³-hybridized carbons (Fsp3) is 0.150. The number of carbonyl (C=O) groups excluding carboxylic acids is 1. The number of anilines is 2. The lowest BCUT2D eigenvalue weighted by atomic mass is 10.1. The molecule has 0 fully saturated rings. The molecule has 8 heteroatoms. The molecule has 0 spiro atoms. The summed E-state index contributed by atoms with van der Waals surface area (Å²) in [6, 6.07) is 15.3. The zero-order valence-electron chi connectivity index (χ0n) is 15.2.